The van der Waals surface area contributed by atoms with Gasteiger partial charge >= 0.3 is 5.76 Å². The summed E-state index contributed by atoms with van der Waals surface area (Å²) >= 11 is 0. The molecule has 0 radical (unpaired) electrons. The third-order valence-corrected chi connectivity index (χ3v) is 3.85. The smallest absolute Gasteiger partial charge is 0.442 e. The lowest BCUT2D eigenvalue weighted by Crippen LogP contribution is -2.42. The highest BCUT2D eigenvalue weighted by molar-refractivity contribution is 5.76. The molecule has 1 atom stereocenters. The molecule has 0 saturated heterocycles. The summed E-state index contributed by atoms with van der Waals surface area (Å²) in [6.45, 7) is 0.262. The van der Waals surface area contributed by atoms with Gasteiger partial charge in [-0.25, -0.2) is 19.3 Å². The zero-order valence-corrected chi connectivity index (χ0v) is 14.1. The van der Waals surface area contributed by atoms with Crippen LogP contribution in [-0.4, -0.2) is 44.9 Å². The van der Waals surface area contributed by atoms with Crippen molar-refractivity contribution < 1.29 is 18.8 Å². The molecular formula is C17H15N5O5. The van der Waals surface area contributed by atoms with Crippen molar-refractivity contribution in [2.45, 2.75) is 12.6 Å². The van der Waals surface area contributed by atoms with Crippen LogP contribution in [0.2, 0.25) is 0 Å². The molecule has 10 heteroatoms. The second-order valence-electron chi connectivity index (χ2n) is 5.73. The van der Waals surface area contributed by atoms with Gasteiger partial charge in [-0.3, -0.25) is 9.32 Å². The maximum absolute atomic E-state index is 12.3. The highest BCUT2D eigenvalue weighted by Gasteiger charge is 2.22. The number of nitrogens with one attached hydrogen (secondary N) is 1. The number of rotatable bonds is 5. The highest BCUT2D eigenvalue weighted by atomic mass is 16.6. The number of aromatic nitrogens is 4. The van der Waals surface area contributed by atoms with Crippen LogP contribution in [0.4, 0.5) is 0 Å². The highest BCUT2D eigenvalue weighted by Crippen LogP contribution is 2.30. The lowest BCUT2D eigenvalue weighted by atomic mass is 10.2. The van der Waals surface area contributed by atoms with Gasteiger partial charge in [-0.15, -0.1) is 0 Å². The second kappa shape index (κ2) is 7.28. The summed E-state index contributed by atoms with van der Waals surface area (Å²) in [5.41, 5.74) is 0. The molecule has 1 N–H and O–H groups in total. The van der Waals surface area contributed by atoms with Crippen molar-refractivity contribution in [3.05, 3.63) is 53.3 Å². The number of carbonyl (C=O) groups excluding carboxylic acids is 1. The van der Waals surface area contributed by atoms with E-state index in [1.165, 1.54) is 12.4 Å². The van der Waals surface area contributed by atoms with E-state index in [0.717, 1.165) is 4.57 Å². The standard InChI is InChI=1S/C17H15N5O5/c23-14(20-8-11-10-25-12-4-1-2-5-13(12)26-11)9-22-16(21-27-17(22)24)15-18-6-3-7-19-15/h1-7,11H,8-10H2,(H,20,23)/t11-/m0/s1. The average molecular weight is 369 g/mol. The largest absolute Gasteiger partial charge is 0.486 e. The predicted molar refractivity (Wildman–Crippen MR) is 91.2 cm³/mol. The van der Waals surface area contributed by atoms with Crippen LogP contribution in [0, 0.1) is 0 Å². The molecule has 27 heavy (non-hydrogen) atoms. The van der Waals surface area contributed by atoms with Crippen molar-refractivity contribution in [1.29, 1.82) is 0 Å². The van der Waals surface area contributed by atoms with E-state index in [2.05, 4.69) is 25.0 Å². The van der Waals surface area contributed by atoms with Crippen molar-refractivity contribution in [2.24, 2.45) is 0 Å². The van der Waals surface area contributed by atoms with Gasteiger partial charge in [0.15, 0.2) is 17.3 Å². The van der Waals surface area contributed by atoms with Crippen LogP contribution in [0.1, 0.15) is 0 Å². The first kappa shape index (κ1) is 16.8. The number of benzene rings is 1. The minimum absolute atomic E-state index is 0.0851. The number of nitrogens with zero attached hydrogens (tertiary/aromatic N) is 4. The minimum atomic E-state index is -0.765. The molecule has 138 valence electrons. The normalized spacial score (nSPS) is 15.3. The van der Waals surface area contributed by atoms with Gasteiger partial charge < -0.3 is 14.8 Å². The molecule has 1 amide bonds. The maximum Gasteiger partial charge on any atom is 0.442 e. The first-order valence-corrected chi connectivity index (χ1v) is 8.20. The van der Waals surface area contributed by atoms with E-state index in [9.17, 15) is 9.59 Å². The van der Waals surface area contributed by atoms with E-state index < -0.39 is 11.7 Å². The van der Waals surface area contributed by atoms with Crippen LogP contribution in [0.3, 0.4) is 0 Å². The summed E-state index contributed by atoms with van der Waals surface area (Å²) < 4.78 is 17.1. The van der Waals surface area contributed by atoms with Crippen LogP contribution >= 0.6 is 0 Å². The Morgan fingerprint density at radius 3 is 2.78 bits per heavy atom. The molecule has 3 aromatic rings. The fourth-order valence-corrected chi connectivity index (χ4v) is 2.57. The molecular weight excluding hydrogens is 354 g/mol. The Morgan fingerprint density at radius 1 is 1.19 bits per heavy atom. The van der Waals surface area contributed by atoms with Crippen LogP contribution in [0.25, 0.3) is 11.6 Å². The number of hydrogen-bond donors (Lipinski definition) is 1. The van der Waals surface area contributed by atoms with Gasteiger partial charge in [0.05, 0.1) is 6.54 Å². The van der Waals surface area contributed by atoms with E-state index in [1.54, 1.807) is 12.1 Å². The fourth-order valence-electron chi connectivity index (χ4n) is 2.57. The molecule has 3 heterocycles. The Kier molecular flexibility index (Phi) is 4.52. The molecule has 1 aliphatic rings. The van der Waals surface area contributed by atoms with Gasteiger partial charge in [-0.1, -0.05) is 17.3 Å². The summed E-state index contributed by atoms with van der Waals surface area (Å²) in [5.74, 6) is 0.405. The van der Waals surface area contributed by atoms with Gasteiger partial charge in [0.1, 0.15) is 19.3 Å². The number of hydrogen-bond acceptors (Lipinski definition) is 8. The number of amides is 1. The van der Waals surface area contributed by atoms with E-state index in [1.807, 2.05) is 18.2 Å². The van der Waals surface area contributed by atoms with Crippen LogP contribution in [0.15, 0.2) is 52.0 Å². The average Bonchev–Trinajstić information content (AvgIpc) is 3.07. The Morgan fingerprint density at radius 2 is 1.96 bits per heavy atom. The summed E-state index contributed by atoms with van der Waals surface area (Å²) in [6.07, 6.45) is 2.67. The summed E-state index contributed by atoms with van der Waals surface area (Å²) in [7, 11) is 0. The molecule has 2 aromatic heterocycles. The predicted octanol–water partition coefficient (Wildman–Crippen LogP) is 0.249. The van der Waals surface area contributed by atoms with Crippen LogP contribution in [-0.2, 0) is 11.3 Å². The third-order valence-electron chi connectivity index (χ3n) is 3.85. The fraction of sp³-hybridized carbons (Fsp3) is 0.235. The molecule has 0 unspecified atom stereocenters. The molecule has 0 fully saturated rings. The lowest BCUT2D eigenvalue weighted by Gasteiger charge is -2.26. The van der Waals surface area contributed by atoms with Gasteiger partial charge in [0.25, 0.3) is 0 Å². The first-order chi connectivity index (χ1) is 13.2. The van der Waals surface area contributed by atoms with Gasteiger partial charge in [0.2, 0.25) is 11.7 Å². The topological polar surface area (TPSA) is 121 Å². The van der Waals surface area contributed by atoms with E-state index in [0.29, 0.717) is 18.1 Å². The molecule has 1 aromatic carbocycles. The van der Waals surface area contributed by atoms with Crippen LogP contribution in [0.5, 0.6) is 11.5 Å². The Balaban J connectivity index is 1.38. The molecule has 0 spiro atoms. The summed E-state index contributed by atoms with van der Waals surface area (Å²) in [6, 6.07) is 8.94. The van der Waals surface area contributed by atoms with Crippen molar-refractivity contribution in [2.75, 3.05) is 13.2 Å². The van der Waals surface area contributed by atoms with Crippen molar-refractivity contribution in [3.8, 4) is 23.1 Å². The van der Waals surface area contributed by atoms with E-state index in [4.69, 9.17) is 9.47 Å². The number of ether oxygens (including phenoxy) is 2. The summed E-state index contributed by atoms with van der Waals surface area (Å²) in [4.78, 5) is 32.1. The zero-order valence-electron chi connectivity index (χ0n) is 14.1. The Bertz CT molecular complexity index is 1000. The number of carbonyl (C=O) groups is 1. The molecule has 4 rings (SSSR count). The van der Waals surface area contributed by atoms with Crippen LogP contribution < -0.4 is 20.5 Å². The quantitative estimate of drug-likeness (QED) is 0.679. The molecule has 0 bridgehead atoms. The van der Waals surface area contributed by atoms with E-state index in [-0.39, 0.29) is 30.8 Å². The monoisotopic (exact) mass is 369 g/mol. The second-order valence-corrected chi connectivity index (χ2v) is 5.73. The number of fused-ring (bicyclic) bond motifs is 1. The van der Waals surface area contributed by atoms with Gasteiger partial charge in [-0.05, 0) is 18.2 Å². The lowest BCUT2D eigenvalue weighted by molar-refractivity contribution is -0.122. The molecule has 0 aliphatic carbocycles. The van der Waals surface area contributed by atoms with Crippen molar-refractivity contribution in [3.63, 3.8) is 0 Å². The summed E-state index contributed by atoms with van der Waals surface area (Å²) in [5, 5.41) is 6.35. The SMILES string of the molecule is O=C(Cn1c(-c2ncccn2)noc1=O)NC[C@H]1COc2ccccc2O1. The van der Waals surface area contributed by atoms with E-state index >= 15 is 0 Å². The molecule has 1 aliphatic heterocycles. The van der Waals surface area contributed by atoms with Crippen molar-refractivity contribution in [1.82, 2.24) is 25.0 Å². The third kappa shape index (κ3) is 3.64. The Hall–Kier alpha value is -3.69. The van der Waals surface area contributed by atoms with Gasteiger partial charge in [-0.2, -0.15) is 0 Å². The molecule has 10 nitrogen and oxygen atoms in total. The molecule has 0 saturated carbocycles. The maximum atomic E-state index is 12.3. The minimum Gasteiger partial charge on any atom is -0.486 e. The van der Waals surface area contributed by atoms with Gasteiger partial charge in [0, 0.05) is 12.4 Å². The Labute approximate surface area is 152 Å². The number of para-hydroxylation sites is 2. The zero-order chi connectivity index (χ0) is 18.6. The first-order valence-electron chi connectivity index (χ1n) is 8.20. The van der Waals surface area contributed by atoms with Crippen molar-refractivity contribution >= 4 is 5.91 Å².